The van der Waals surface area contributed by atoms with Gasteiger partial charge in [-0.15, -0.1) is 0 Å². The zero-order valence-electron chi connectivity index (χ0n) is 18.1. The third-order valence-electron chi connectivity index (χ3n) is 6.00. The summed E-state index contributed by atoms with van der Waals surface area (Å²) in [7, 11) is 0. The van der Waals surface area contributed by atoms with E-state index in [-0.39, 0.29) is 28.3 Å². The molecular weight excluding hydrogens is 431 g/mol. The van der Waals surface area contributed by atoms with Crippen molar-refractivity contribution in [3.05, 3.63) is 72.2 Å². The van der Waals surface area contributed by atoms with Crippen LogP contribution in [0.15, 0.2) is 72.2 Å². The zero-order valence-corrected chi connectivity index (χ0v) is 19.2. The number of nitrogens with one attached hydrogen (secondary N) is 2. The summed E-state index contributed by atoms with van der Waals surface area (Å²) in [4.78, 5) is 22.8. The Labute approximate surface area is 196 Å². The van der Waals surface area contributed by atoms with Crippen molar-refractivity contribution in [1.82, 2.24) is 10.6 Å². The third-order valence-corrected chi connectivity index (χ3v) is 6.00. The Morgan fingerprint density at radius 3 is 1.29 bits per heavy atom. The Kier molecular flexibility index (Phi) is 11.4. The van der Waals surface area contributed by atoms with Crippen molar-refractivity contribution in [2.24, 2.45) is 0 Å². The average Bonchev–Trinajstić information content (AvgIpc) is 2.80. The maximum atomic E-state index is 11.4. The predicted octanol–water partition coefficient (Wildman–Crippen LogP) is 4.97. The van der Waals surface area contributed by atoms with Crippen molar-refractivity contribution in [2.75, 3.05) is 0 Å². The van der Waals surface area contributed by atoms with E-state index in [0.29, 0.717) is 12.1 Å². The Morgan fingerprint density at radius 2 is 0.935 bits per heavy atom. The number of hydrogen-bond donors (Lipinski definition) is 2. The van der Waals surface area contributed by atoms with Gasteiger partial charge in [-0.2, -0.15) is 0 Å². The van der Waals surface area contributed by atoms with E-state index < -0.39 is 0 Å². The fraction of sp³-hybridized carbons (Fsp3) is 0.462. The first kappa shape index (κ1) is 25.1. The molecule has 2 saturated carbocycles. The molecular formula is C26H34CoN2O2. The number of rotatable bonds is 4. The first-order valence-electron chi connectivity index (χ1n) is 11.4. The summed E-state index contributed by atoms with van der Waals surface area (Å²) < 4.78 is 0. The van der Waals surface area contributed by atoms with Gasteiger partial charge < -0.3 is 10.6 Å². The Hall–Kier alpha value is -2.11. The SMILES string of the molecule is O=C1C=CC=C/C1=C/NC1CCCCC1.O=C1C=CC=C/C1=C/NC1CCCCC1.[Co]. The summed E-state index contributed by atoms with van der Waals surface area (Å²) in [5.74, 6) is 0.196. The standard InChI is InChI=1S/2C13H17NO.Co/c2*15-13-9-5-4-6-11(13)10-14-12-7-2-1-3-8-12;/h2*4-6,9-10,12,14H,1-3,7-8H2;/b2*11-10-;. The molecule has 0 aromatic heterocycles. The van der Waals surface area contributed by atoms with Gasteiger partial charge in [0.25, 0.3) is 0 Å². The maximum Gasteiger partial charge on any atom is 0.187 e. The molecule has 0 aromatic carbocycles. The Morgan fingerprint density at radius 1 is 0.581 bits per heavy atom. The monoisotopic (exact) mass is 465 g/mol. The second-order valence-electron chi connectivity index (χ2n) is 8.37. The van der Waals surface area contributed by atoms with Crippen molar-refractivity contribution >= 4 is 11.6 Å². The van der Waals surface area contributed by atoms with Gasteiger partial charge in [-0.1, -0.05) is 62.8 Å². The smallest absolute Gasteiger partial charge is 0.187 e. The van der Waals surface area contributed by atoms with E-state index in [9.17, 15) is 9.59 Å². The molecule has 1 radical (unpaired) electrons. The van der Waals surface area contributed by atoms with Gasteiger partial charge in [0.1, 0.15) is 0 Å². The minimum absolute atomic E-state index is 0. The van der Waals surface area contributed by atoms with Crippen molar-refractivity contribution in [1.29, 1.82) is 0 Å². The number of ketones is 2. The second-order valence-corrected chi connectivity index (χ2v) is 8.37. The van der Waals surface area contributed by atoms with E-state index in [1.807, 2.05) is 36.7 Å². The van der Waals surface area contributed by atoms with Crippen LogP contribution >= 0.6 is 0 Å². The van der Waals surface area contributed by atoms with E-state index in [0.717, 1.165) is 11.1 Å². The van der Waals surface area contributed by atoms with Gasteiger partial charge in [-0.3, -0.25) is 9.59 Å². The molecule has 0 spiro atoms. The maximum absolute atomic E-state index is 11.4. The summed E-state index contributed by atoms with van der Waals surface area (Å²) in [5, 5.41) is 6.71. The minimum atomic E-state index is 0. The first-order chi connectivity index (χ1) is 14.7. The topological polar surface area (TPSA) is 58.2 Å². The molecule has 5 heteroatoms. The number of hydrogen-bond acceptors (Lipinski definition) is 4. The van der Waals surface area contributed by atoms with Crippen LogP contribution in [0, 0.1) is 0 Å². The van der Waals surface area contributed by atoms with Crippen molar-refractivity contribution in [3.8, 4) is 0 Å². The Bertz CT molecular complexity index is 711. The summed E-state index contributed by atoms with van der Waals surface area (Å²) in [6.45, 7) is 0. The van der Waals surface area contributed by atoms with Crippen molar-refractivity contribution in [3.63, 3.8) is 0 Å². The van der Waals surface area contributed by atoms with Gasteiger partial charge >= 0.3 is 0 Å². The van der Waals surface area contributed by atoms with E-state index in [1.165, 1.54) is 64.2 Å². The number of carbonyl (C=O) groups is 2. The molecule has 169 valence electrons. The zero-order chi connectivity index (χ0) is 21.0. The number of carbonyl (C=O) groups excluding carboxylic acids is 2. The fourth-order valence-corrected chi connectivity index (χ4v) is 4.15. The van der Waals surface area contributed by atoms with Crippen LogP contribution in [0.2, 0.25) is 0 Å². The molecule has 4 aliphatic rings. The van der Waals surface area contributed by atoms with Gasteiger partial charge in [0, 0.05) is 52.4 Å². The molecule has 0 bridgehead atoms. The molecule has 0 aliphatic heterocycles. The van der Waals surface area contributed by atoms with Crippen LogP contribution in [-0.4, -0.2) is 23.7 Å². The molecule has 2 N–H and O–H groups in total. The van der Waals surface area contributed by atoms with Crippen LogP contribution < -0.4 is 10.6 Å². The van der Waals surface area contributed by atoms with E-state index in [4.69, 9.17) is 0 Å². The fourth-order valence-electron chi connectivity index (χ4n) is 4.15. The summed E-state index contributed by atoms with van der Waals surface area (Å²) in [5.41, 5.74) is 1.53. The quantitative estimate of drug-likeness (QED) is 0.576. The minimum Gasteiger partial charge on any atom is -0.388 e. The van der Waals surface area contributed by atoms with Gasteiger partial charge in [0.2, 0.25) is 0 Å². The van der Waals surface area contributed by atoms with Gasteiger partial charge in [0.05, 0.1) is 0 Å². The summed E-state index contributed by atoms with van der Waals surface area (Å²) in [6.07, 6.45) is 30.9. The molecule has 0 unspecified atom stereocenters. The van der Waals surface area contributed by atoms with Gasteiger partial charge in [-0.25, -0.2) is 0 Å². The Balaban J connectivity index is 0.000000213. The molecule has 0 atom stereocenters. The second kappa shape index (κ2) is 14.0. The molecule has 4 aliphatic carbocycles. The van der Waals surface area contributed by atoms with Crippen LogP contribution in [0.3, 0.4) is 0 Å². The van der Waals surface area contributed by atoms with Crippen molar-refractivity contribution in [2.45, 2.75) is 76.3 Å². The third kappa shape index (κ3) is 8.88. The van der Waals surface area contributed by atoms with Gasteiger partial charge in [-0.05, 0) is 50.0 Å². The van der Waals surface area contributed by atoms with E-state index in [1.54, 1.807) is 24.3 Å². The normalized spacial score (nSPS) is 24.0. The summed E-state index contributed by atoms with van der Waals surface area (Å²) >= 11 is 0. The van der Waals surface area contributed by atoms with Crippen molar-refractivity contribution < 1.29 is 26.4 Å². The molecule has 0 heterocycles. The van der Waals surface area contributed by atoms with E-state index in [2.05, 4.69) is 10.6 Å². The molecule has 4 rings (SSSR count). The largest absolute Gasteiger partial charge is 0.388 e. The molecule has 0 saturated heterocycles. The number of allylic oxidation sites excluding steroid dienone is 10. The van der Waals surface area contributed by atoms with Crippen LogP contribution in [0.1, 0.15) is 64.2 Å². The van der Waals surface area contributed by atoms with E-state index >= 15 is 0 Å². The van der Waals surface area contributed by atoms with Crippen LogP contribution in [-0.2, 0) is 26.4 Å². The average molecular weight is 466 g/mol. The molecule has 4 nitrogen and oxygen atoms in total. The van der Waals surface area contributed by atoms with Crippen LogP contribution in [0.5, 0.6) is 0 Å². The molecule has 31 heavy (non-hydrogen) atoms. The molecule has 0 amide bonds. The van der Waals surface area contributed by atoms with Crippen LogP contribution in [0.25, 0.3) is 0 Å². The van der Waals surface area contributed by atoms with Gasteiger partial charge in [0.15, 0.2) is 11.6 Å². The molecule has 0 aromatic rings. The molecule has 2 fully saturated rings. The first-order valence-corrected chi connectivity index (χ1v) is 11.4. The predicted molar refractivity (Wildman–Crippen MR) is 123 cm³/mol. The summed E-state index contributed by atoms with van der Waals surface area (Å²) in [6, 6.07) is 1.14. The van der Waals surface area contributed by atoms with Crippen LogP contribution in [0.4, 0.5) is 0 Å².